The normalized spacial score (nSPS) is 10.5. The number of carbonyl (C=O) groups excluding carboxylic acids is 2. The number of amides is 2. The van der Waals surface area contributed by atoms with Gasteiger partial charge in [-0.05, 0) is 36.8 Å². The van der Waals surface area contributed by atoms with Gasteiger partial charge >= 0.3 is 0 Å². The molecule has 0 spiro atoms. The summed E-state index contributed by atoms with van der Waals surface area (Å²) in [5, 5.41) is 2.75. The van der Waals surface area contributed by atoms with Crippen molar-refractivity contribution in [1.82, 2.24) is 19.8 Å². The van der Waals surface area contributed by atoms with Gasteiger partial charge in [0.15, 0.2) is 0 Å². The van der Waals surface area contributed by atoms with Crippen LogP contribution in [0.3, 0.4) is 0 Å². The first-order chi connectivity index (χ1) is 13.6. The van der Waals surface area contributed by atoms with Crippen LogP contribution in [0.25, 0.3) is 5.69 Å². The predicted octanol–water partition coefficient (Wildman–Crippen LogP) is 2.79. The molecule has 1 N–H and O–H groups in total. The van der Waals surface area contributed by atoms with Gasteiger partial charge in [-0.15, -0.1) is 0 Å². The molecule has 1 heterocycles. The first-order valence-electron chi connectivity index (χ1n) is 8.96. The second-order valence-corrected chi connectivity index (χ2v) is 6.21. The zero-order chi connectivity index (χ0) is 19.9. The van der Waals surface area contributed by atoms with Crippen LogP contribution in [0.5, 0.6) is 0 Å². The molecule has 0 fully saturated rings. The molecule has 0 aliphatic rings. The van der Waals surface area contributed by atoms with Crippen molar-refractivity contribution in [1.29, 1.82) is 0 Å². The fraction of sp³-hybridized carbons (Fsp3) is 0.190. The number of benzene rings is 2. The number of halogens is 1. The lowest BCUT2D eigenvalue weighted by atomic mass is 10.2. The van der Waals surface area contributed by atoms with Crippen LogP contribution in [0.1, 0.15) is 23.0 Å². The number of aromatic nitrogens is 2. The van der Waals surface area contributed by atoms with Crippen LogP contribution in [-0.4, -0.2) is 39.4 Å². The Bertz CT molecular complexity index is 939. The summed E-state index contributed by atoms with van der Waals surface area (Å²) in [6, 6.07) is 15.3. The van der Waals surface area contributed by atoms with Gasteiger partial charge < -0.3 is 10.2 Å². The molecule has 0 saturated carbocycles. The third kappa shape index (κ3) is 4.62. The average Bonchev–Trinajstić information content (AvgIpc) is 3.21. The Hall–Kier alpha value is -3.48. The first kappa shape index (κ1) is 19.3. The molecular weight excluding hydrogens is 359 g/mol. The summed E-state index contributed by atoms with van der Waals surface area (Å²) in [4.78, 5) is 30.7. The van der Waals surface area contributed by atoms with Crippen molar-refractivity contribution in [2.75, 3.05) is 13.1 Å². The smallest absolute Gasteiger partial charge is 0.272 e. The third-order valence-corrected chi connectivity index (χ3v) is 4.30. The number of imidazole rings is 1. The summed E-state index contributed by atoms with van der Waals surface area (Å²) in [5.74, 6) is -0.890. The Morgan fingerprint density at radius 2 is 1.82 bits per heavy atom. The van der Waals surface area contributed by atoms with Crippen LogP contribution >= 0.6 is 0 Å². The Kier molecular flexibility index (Phi) is 6.16. The zero-order valence-electron chi connectivity index (χ0n) is 15.5. The molecule has 3 rings (SSSR count). The number of likely N-dealkylation sites (N-methyl/N-ethyl adjacent to an activating group) is 1. The fourth-order valence-corrected chi connectivity index (χ4v) is 2.77. The summed E-state index contributed by atoms with van der Waals surface area (Å²) >= 11 is 0. The van der Waals surface area contributed by atoms with E-state index in [0.29, 0.717) is 12.2 Å². The van der Waals surface area contributed by atoms with Crippen LogP contribution in [0.4, 0.5) is 4.39 Å². The van der Waals surface area contributed by atoms with Gasteiger partial charge in [-0.3, -0.25) is 14.2 Å². The molecule has 0 radical (unpaired) electrons. The minimum Gasteiger partial charge on any atom is -0.350 e. The fourth-order valence-electron chi connectivity index (χ4n) is 2.77. The number of para-hydroxylation sites is 1. The second-order valence-electron chi connectivity index (χ2n) is 6.21. The van der Waals surface area contributed by atoms with Crippen LogP contribution in [0.2, 0.25) is 0 Å². The van der Waals surface area contributed by atoms with E-state index in [1.165, 1.54) is 23.2 Å². The molecule has 2 aromatic carbocycles. The van der Waals surface area contributed by atoms with E-state index in [1.807, 2.05) is 37.3 Å². The first-order valence-corrected chi connectivity index (χ1v) is 8.96. The average molecular weight is 380 g/mol. The van der Waals surface area contributed by atoms with E-state index in [0.717, 1.165) is 11.3 Å². The van der Waals surface area contributed by atoms with E-state index in [-0.39, 0.29) is 30.7 Å². The van der Waals surface area contributed by atoms with Gasteiger partial charge in [0, 0.05) is 18.8 Å². The van der Waals surface area contributed by atoms with E-state index in [9.17, 15) is 14.0 Å². The summed E-state index contributed by atoms with van der Waals surface area (Å²) in [6.07, 6.45) is 3.07. The second kappa shape index (κ2) is 8.94. The number of nitrogens with zero attached hydrogens (tertiary/aromatic N) is 3. The van der Waals surface area contributed by atoms with Gasteiger partial charge in [-0.25, -0.2) is 9.37 Å². The molecule has 0 aliphatic heterocycles. The van der Waals surface area contributed by atoms with Gasteiger partial charge in [-0.2, -0.15) is 0 Å². The lowest BCUT2D eigenvalue weighted by Crippen LogP contribution is -2.41. The van der Waals surface area contributed by atoms with E-state index >= 15 is 0 Å². The molecule has 6 nitrogen and oxygen atoms in total. The van der Waals surface area contributed by atoms with Gasteiger partial charge in [-0.1, -0.05) is 30.3 Å². The largest absolute Gasteiger partial charge is 0.350 e. The molecule has 7 heteroatoms. The highest BCUT2D eigenvalue weighted by Crippen LogP contribution is 2.13. The molecule has 3 aromatic rings. The number of nitrogens with one attached hydrogen (secondary N) is 1. The molecular formula is C21H21FN4O2. The van der Waals surface area contributed by atoms with Crippen molar-refractivity contribution >= 4 is 11.8 Å². The molecule has 0 atom stereocenters. The van der Waals surface area contributed by atoms with Crippen molar-refractivity contribution in [2.24, 2.45) is 0 Å². The number of carbonyl (C=O) groups is 2. The Morgan fingerprint density at radius 3 is 2.50 bits per heavy atom. The van der Waals surface area contributed by atoms with Gasteiger partial charge in [0.2, 0.25) is 5.91 Å². The summed E-state index contributed by atoms with van der Waals surface area (Å²) < 4.78 is 14.6. The third-order valence-electron chi connectivity index (χ3n) is 4.30. The van der Waals surface area contributed by atoms with Crippen LogP contribution in [0.15, 0.2) is 67.1 Å². The summed E-state index contributed by atoms with van der Waals surface area (Å²) in [5.41, 5.74) is 1.99. The Balaban J connectivity index is 1.65. The molecule has 144 valence electrons. The minimum absolute atomic E-state index is 0.0729. The molecule has 0 aliphatic carbocycles. The number of hydrogen-bond acceptors (Lipinski definition) is 3. The molecule has 0 unspecified atom stereocenters. The zero-order valence-corrected chi connectivity index (χ0v) is 15.5. The lowest BCUT2D eigenvalue weighted by Gasteiger charge is -2.21. The highest BCUT2D eigenvalue weighted by molar-refractivity contribution is 5.95. The molecule has 0 bridgehead atoms. The SMILES string of the molecule is CCN(CC(=O)NCc1ccc(F)cc1)C(=O)c1cncn1-c1ccccc1. The minimum atomic E-state index is -0.326. The molecule has 1 aromatic heterocycles. The lowest BCUT2D eigenvalue weighted by molar-refractivity contribution is -0.121. The molecule has 28 heavy (non-hydrogen) atoms. The van der Waals surface area contributed by atoms with Crippen molar-refractivity contribution in [3.63, 3.8) is 0 Å². The standard InChI is InChI=1S/C21H21FN4O2/c1-2-25(14-20(27)24-12-16-8-10-17(22)11-9-16)21(28)19-13-23-15-26(19)18-6-4-3-5-7-18/h3-11,13,15H,2,12,14H2,1H3,(H,24,27). The maximum Gasteiger partial charge on any atom is 0.272 e. The number of hydrogen-bond donors (Lipinski definition) is 1. The Morgan fingerprint density at radius 1 is 1.11 bits per heavy atom. The highest BCUT2D eigenvalue weighted by Gasteiger charge is 2.21. The van der Waals surface area contributed by atoms with E-state index in [2.05, 4.69) is 10.3 Å². The number of rotatable bonds is 7. The van der Waals surface area contributed by atoms with Crippen molar-refractivity contribution in [3.05, 3.63) is 84.2 Å². The molecule has 0 saturated heterocycles. The van der Waals surface area contributed by atoms with E-state index < -0.39 is 0 Å². The van der Waals surface area contributed by atoms with Crippen LogP contribution < -0.4 is 5.32 Å². The van der Waals surface area contributed by atoms with Gasteiger partial charge in [0.05, 0.1) is 19.1 Å². The topological polar surface area (TPSA) is 67.2 Å². The Labute approximate surface area is 162 Å². The van der Waals surface area contributed by atoms with E-state index in [4.69, 9.17) is 0 Å². The van der Waals surface area contributed by atoms with Crippen LogP contribution in [-0.2, 0) is 11.3 Å². The van der Waals surface area contributed by atoms with Crippen molar-refractivity contribution in [2.45, 2.75) is 13.5 Å². The molecule has 2 amide bonds. The summed E-state index contributed by atoms with van der Waals surface area (Å²) in [7, 11) is 0. The predicted molar refractivity (Wildman–Crippen MR) is 103 cm³/mol. The van der Waals surface area contributed by atoms with Gasteiger partial charge in [0.25, 0.3) is 5.91 Å². The summed E-state index contributed by atoms with van der Waals surface area (Å²) in [6.45, 7) is 2.39. The van der Waals surface area contributed by atoms with Crippen LogP contribution in [0, 0.1) is 5.82 Å². The van der Waals surface area contributed by atoms with E-state index in [1.54, 1.807) is 23.0 Å². The maximum absolute atomic E-state index is 12.9. The van der Waals surface area contributed by atoms with Gasteiger partial charge in [0.1, 0.15) is 11.5 Å². The quantitative estimate of drug-likeness (QED) is 0.685. The maximum atomic E-state index is 12.9. The highest BCUT2D eigenvalue weighted by atomic mass is 19.1. The van der Waals surface area contributed by atoms with Crippen molar-refractivity contribution < 1.29 is 14.0 Å². The van der Waals surface area contributed by atoms with Crippen molar-refractivity contribution in [3.8, 4) is 5.69 Å². The monoisotopic (exact) mass is 380 g/mol.